The Morgan fingerprint density at radius 2 is 2.00 bits per heavy atom. The fourth-order valence-corrected chi connectivity index (χ4v) is 1.93. The fourth-order valence-electron chi connectivity index (χ4n) is 1.93. The molecule has 21 heavy (non-hydrogen) atoms. The second kappa shape index (κ2) is 5.62. The summed E-state index contributed by atoms with van der Waals surface area (Å²) in [6.07, 6.45) is 6.43. The normalized spacial score (nSPS) is 11.1. The van der Waals surface area contributed by atoms with E-state index in [-0.39, 0.29) is 0 Å². The molecule has 0 radical (unpaired) electrons. The van der Waals surface area contributed by atoms with Crippen LogP contribution in [0.5, 0.6) is 5.75 Å². The molecular weight excluding hydrogens is 266 g/mol. The van der Waals surface area contributed by atoms with Crippen LogP contribution < -0.4 is 4.74 Å². The predicted molar refractivity (Wildman–Crippen MR) is 80.1 cm³/mol. The molecule has 0 aliphatic rings. The number of methoxy groups -OCH3 is 1. The van der Waals surface area contributed by atoms with Crippen LogP contribution in [0.3, 0.4) is 0 Å². The summed E-state index contributed by atoms with van der Waals surface area (Å²) in [5.74, 6) is 1.19. The van der Waals surface area contributed by atoms with Crippen LogP contribution in [0.25, 0.3) is 11.2 Å². The van der Waals surface area contributed by atoms with Gasteiger partial charge in [-0.1, -0.05) is 12.1 Å². The van der Waals surface area contributed by atoms with Crippen LogP contribution in [0.15, 0.2) is 41.8 Å². The van der Waals surface area contributed by atoms with Crippen LogP contribution in [-0.2, 0) is 0 Å². The lowest BCUT2D eigenvalue weighted by Crippen LogP contribution is -1.96. The zero-order chi connectivity index (χ0) is 14.7. The van der Waals surface area contributed by atoms with Gasteiger partial charge in [0.25, 0.3) is 0 Å². The van der Waals surface area contributed by atoms with Crippen molar-refractivity contribution in [1.82, 2.24) is 19.9 Å². The number of fused-ring (bicyclic) bond motifs is 1. The predicted octanol–water partition coefficient (Wildman–Crippen LogP) is 2.49. The number of hydrogen-bond donors (Lipinski definition) is 0. The minimum atomic E-state index is 0.480. The maximum absolute atomic E-state index is 5.31. The quantitative estimate of drug-likeness (QED) is 0.689. The van der Waals surface area contributed by atoms with Crippen molar-refractivity contribution in [3.05, 3.63) is 48.2 Å². The monoisotopic (exact) mass is 279 g/mol. The molecule has 6 nitrogen and oxygen atoms in total. The van der Waals surface area contributed by atoms with Crippen LogP contribution >= 0.6 is 0 Å². The first-order valence-corrected chi connectivity index (χ1v) is 6.39. The number of para-hydroxylation sites is 1. The molecule has 0 amide bonds. The molecular formula is C15H13N5O. The first-order valence-electron chi connectivity index (χ1n) is 6.39. The third kappa shape index (κ3) is 2.69. The molecule has 2 heterocycles. The summed E-state index contributed by atoms with van der Waals surface area (Å²) in [6.45, 7) is 1.97. The van der Waals surface area contributed by atoms with E-state index in [4.69, 9.17) is 4.74 Å². The number of rotatable bonds is 3. The number of aromatic nitrogens is 4. The number of benzene rings is 1. The molecule has 0 bridgehead atoms. The Morgan fingerprint density at radius 3 is 2.86 bits per heavy atom. The molecule has 0 aliphatic carbocycles. The van der Waals surface area contributed by atoms with E-state index in [1.807, 2.05) is 25.1 Å². The van der Waals surface area contributed by atoms with Crippen LogP contribution in [0, 0.1) is 6.92 Å². The van der Waals surface area contributed by atoms with Gasteiger partial charge < -0.3 is 4.74 Å². The zero-order valence-corrected chi connectivity index (χ0v) is 11.7. The molecule has 6 heteroatoms. The largest absolute Gasteiger partial charge is 0.494 e. The number of aryl methyl sites for hydroxylation is 1. The first-order chi connectivity index (χ1) is 10.3. The van der Waals surface area contributed by atoms with E-state index < -0.39 is 0 Å². The van der Waals surface area contributed by atoms with Gasteiger partial charge >= 0.3 is 0 Å². The van der Waals surface area contributed by atoms with Gasteiger partial charge in [0.05, 0.1) is 19.5 Å². The minimum Gasteiger partial charge on any atom is -0.494 e. The molecule has 0 spiro atoms. The Kier molecular flexibility index (Phi) is 3.51. The molecule has 3 aromatic rings. The van der Waals surface area contributed by atoms with Gasteiger partial charge in [-0.3, -0.25) is 0 Å². The molecule has 0 saturated heterocycles. The maximum Gasteiger partial charge on any atom is 0.181 e. The SMILES string of the molecule is COc1cccc(C)c1N=Cc1ncc2nccnc2n1. The summed E-state index contributed by atoms with van der Waals surface area (Å²) in [5, 5.41) is 0. The number of ether oxygens (including phenoxy) is 1. The highest BCUT2D eigenvalue weighted by molar-refractivity contribution is 5.81. The topological polar surface area (TPSA) is 73.2 Å². The Balaban J connectivity index is 1.98. The van der Waals surface area contributed by atoms with Crippen molar-refractivity contribution in [2.24, 2.45) is 4.99 Å². The van der Waals surface area contributed by atoms with Gasteiger partial charge in [0.1, 0.15) is 17.0 Å². The highest BCUT2D eigenvalue weighted by atomic mass is 16.5. The second-order valence-electron chi connectivity index (χ2n) is 4.38. The molecule has 0 fully saturated rings. The highest BCUT2D eigenvalue weighted by Gasteiger charge is 2.04. The van der Waals surface area contributed by atoms with Crippen LogP contribution in [0.2, 0.25) is 0 Å². The van der Waals surface area contributed by atoms with Gasteiger partial charge in [-0.25, -0.2) is 24.9 Å². The van der Waals surface area contributed by atoms with Crippen LogP contribution in [0.4, 0.5) is 5.69 Å². The molecule has 0 unspecified atom stereocenters. The molecule has 2 aromatic heterocycles. The summed E-state index contributed by atoms with van der Waals surface area (Å²) in [5.41, 5.74) is 2.99. The molecule has 0 aliphatic heterocycles. The van der Waals surface area contributed by atoms with Gasteiger partial charge in [-0.15, -0.1) is 0 Å². The lowest BCUT2D eigenvalue weighted by molar-refractivity contribution is 0.416. The van der Waals surface area contributed by atoms with Gasteiger partial charge in [0.15, 0.2) is 11.5 Å². The zero-order valence-electron chi connectivity index (χ0n) is 11.7. The average Bonchev–Trinajstić information content (AvgIpc) is 2.53. The standard InChI is InChI=1S/C15H13N5O/c1-10-4-3-5-12(21-2)14(10)19-9-13-18-8-11-15(20-13)17-7-6-16-11/h3-9H,1-2H3. The van der Waals surface area contributed by atoms with Gasteiger partial charge in [0, 0.05) is 12.4 Å². The van der Waals surface area contributed by atoms with Crippen LogP contribution in [-0.4, -0.2) is 33.3 Å². The van der Waals surface area contributed by atoms with Gasteiger partial charge in [-0.05, 0) is 18.6 Å². The third-order valence-corrected chi connectivity index (χ3v) is 2.98. The fraction of sp³-hybridized carbons (Fsp3) is 0.133. The van der Waals surface area contributed by atoms with Crippen molar-refractivity contribution in [3.63, 3.8) is 0 Å². The smallest absolute Gasteiger partial charge is 0.181 e. The molecule has 104 valence electrons. The molecule has 0 N–H and O–H groups in total. The van der Waals surface area contributed by atoms with E-state index in [9.17, 15) is 0 Å². The minimum absolute atomic E-state index is 0.480. The van der Waals surface area contributed by atoms with E-state index in [0.717, 1.165) is 11.3 Å². The van der Waals surface area contributed by atoms with Crippen molar-refractivity contribution in [2.75, 3.05) is 7.11 Å². The van der Waals surface area contributed by atoms with E-state index >= 15 is 0 Å². The van der Waals surface area contributed by atoms with Crippen molar-refractivity contribution in [1.29, 1.82) is 0 Å². The number of hydrogen-bond acceptors (Lipinski definition) is 6. The highest BCUT2D eigenvalue weighted by Crippen LogP contribution is 2.30. The third-order valence-electron chi connectivity index (χ3n) is 2.98. The Hall–Kier alpha value is -2.89. The second-order valence-corrected chi connectivity index (χ2v) is 4.38. The van der Waals surface area contributed by atoms with E-state index in [2.05, 4.69) is 24.9 Å². The van der Waals surface area contributed by atoms with E-state index in [1.165, 1.54) is 0 Å². The maximum atomic E-state index is 5.31. The lowest BCUT2D eigenvalue weighted by atomic mass is 10.2. The lowest BCUT2D eigenvalue weighted by Gasteiger charge is -2.06. The van der Waals surface area contributed by atoms with E-state index in [1.54, 1.807) is 31.9 Å². The number of aliphatic imine (C=N–C) groups is 1. The van der Waals surface area contributed by atoms with Crippen molar-refractivity contribution in [2.45, 2.75) is 6.92 Å². The summed E-state index contributed by atoms with van der Waals surface area (Å²) in [7, 11) is 1.62. The summed E-state index contributed by atoms with van der Waals surface area (Å²) < 4.78 is 5.31. The summed E-state index contributed by atoms with van der Waals surface area (Å²) in [6, 6.07) is 5.77. The average molecular weight is 279 g/mol. The molecule has 0 saturated carbocycles. The molecule has 3 rings (SSSR count). The van der Waals surface area contributed by atoms with Gasteiger partial charge in [-0.2, -0.15) is 0 Å². The van der Waals surface area contributed by atoms with Crippen molar-refractivity contribution in [3.8, 4) is 5.75 Å². The van der Waals surface area contributed by atoms with Crippen molar-refractivity contribution >= 4 is 23.1 Å². The van der Waals surface area contributed by atoms with Crippen molar-refractivity contribution < 1.29 is 4.74 Å². The number of nitrogens with zero attached hydrogens (tertiary/aromatic N) is 5. The Bertz CT molecular complexity index is 816. The summed E-state index contributed by atoms with van der Waals surface area (Å²) in [4.78, 5) is 21.2. The van der Waals surface area contributed by atoms with Crippen LogP contribution in [0.1, 0.15) is 11.4 Å². The summed E-state index contributed by atoms with van der Waals surface area (Å²) >= 11 is 0. The molecule has 1 aromatic carbocycles. The Morgan fingerprint density at radius 1 is 1.14 bits per heavy atom. The molecule has 0 atom stereocenters. The Labute approximate surface area is 121 Å². The van der Waals surface area contributed by atoms with Gasteiger partial charge in [0.2, 0.25) is 0 Å². The van der Waals surface area contributed by atoms with E-state index in [0.29, 0.717) is 22.7 Å². The first kappa shape index (κ1) is 13.1.